The Morgan fingerprint density at radius 3 is 2.82 bits per heavy atom. The van der Waals surface area contributed by atoms with Crippen LogP contribution >= 0.6 is 0 Å². The maximum Gasteiger partial charge on any atom is 0.103 e. The fraction of sp³-hybridized carbons (Fsp3) is 0.929. The van der Waals surface area contributed by atoms with Gasteiger partial charge in [-0.2, -0.15) is 5.26 Å². The molecule has 0 saturated carbocycles. The van der Waals surface area contributed by atoms with Gasteiger partial charge >= 0.3 is 0 Å². The molecule has 0 bridgehead atoms. The average molecular weight is 237 g/mol. The minimum absolute atomic E-state index is 0.334. The minimum atomic E-state index is -0.334. The van der Waals surface area contributed by atoms with Crippen molar-refractivity contribution in [1.29, 1.82) is 5.26 Å². The quantitative estimate of drug-likeness (QED) is 0.739. The van der Waals surface area contributed by atoms with Gasteiger partial charge in [0, 0.05) is 6.04 Å². The summed E-state index contributed by atoms with van der Waals surface area (Å²) < 4.78 is 0. The molecule has 0 radical (unpaired) electrons. The molecule has 0 amide bonds. The standard InChI is InChI=1S/C14H27N3/c1-4-9-16-14(3,12-15)8-6-11-17-10-5-7-13(17)2/h13,16H,4-11H2,1-3H3. The fourth-order valence-corrected chi connectivity index (χ4v) is 2.55. The van der Waals surface area contributed by atoms with Crippen molar-refractivity contribution < 1.29 is 0 Å². The Labute approximate surface area is 106 Å². The zero-order valence-corrected chi connectivity index (χ0v) is 11.6. The predicted octanol–water partition coefficient (Wildman–Crippen LogP) is 2.53. The zero-order chi connectivity index (χ0) is 12.7. The summed E-state index contributed by atoms with van der Waals surface area (Å²) >= 11 is 0. The second kappa shape index (κ2) is 6.98. The molecule has 0 aromatic carbocycles. The van der Waals surface area contributed by atoms with Crippen LogP contribution < -0.4 is 5.32 Å². The van der Waals surface area contributed by atoms with Crippen LogP contribution in [-0.2, 0) is 0 Å². The third-order valence-corrected chi connectivity index (χ3v) is 3.82. The molecule has 17 heavy (non-hydrogen) atoms. The van der Waals surface area contributed by atoms with Crippen LogP contribution in [0.5, 0.6) is 0 Å². The van der Waals surface area contributed by atoms with Crippen LogP contribution in [0.25, 0.3) is 0 Å². The molecule has 1 heterocycles. The van der Waals surface area contributed by atoms with Gasteiger partial charge in [0.15, 0.2) is 0 Å². The number of hydrogen-bond acceptors (Lipinski definition) is 3. The van der Waals surface area contributed by atoms with Gasteiger partial charge in [0.1, 0.15) is 5.54 Å². The minimum Gasteiger partial charge on any atom is -0.301 e. The van der Waals surface area contributed by atoms with E-state index in [0.717, 1.165) is 38.4 Å². The van der Waals surface area contributed by atoms with Gasteiger partial charge in [-0.25, -0.2) is 0 Å². The molecular formula is C14H27N3. The summed E-state index contributed by atoms with van der Waals surface area (Å²) in [5, 5.41) is 12.6. The molecule has 1 fully saturated rings. The van der Waals surface area contributed by atoms with Crippen molar-refractivity contribution in [3.63, 3.8) is 0 Å². The molecular weight excluding hydrogens is 210 g/mol. The van der Waals surface area contributed by atoms with Crippen molar-refractivity contribution in [2.75, 3.05) is 19.6 Å². The van der Waals surface area contributed by atoms with E-state index in [0.29, 0.717) is 0 Å². The molecule has 0 aromatic heterocycles. The summed E-state index contributed by atoms with van der Waals surface area (Å²) in [6, 6.07) is 3.16. The van der Waals surface area contributed by atoms with Crippen molar-refractivity contribution >= 4 is 0 Å². The second-order valence-corrected chi connectivity index (χ2v) is 5.50. The molecule has 1 saturated heterocycles. The number of likely N-dealkylation sites (tertiary alicyclic amines) is 1. The van der Waals surface area contributed by atoms with Crippen molar-refractivity contribution in [2.45, 2.75) is 64.5 Å². The van der Waals surface area contributed by atoms with E-state index >= 15 is 0 Å². The molecule has 2 atom stereocenters. The molecule has 0 aliphatic carbocycles. The molecule has 0 aromatic rings. The third kappa shape index (κ3) is 4.65. The van der Waals surface area contributed by atoms with E-state index in [9.17, 15) is 5.26 Å². The molecule has 1 rings (SSSR count). The van der Waals surface area contributed by atoms with Gasteiger partial charge in [-0.05, 0) is 65.6 Å². The predicted molar refractivity (Wildman–Crippen MR) is 71.8 cm³/mol. The fourth-order valence-electron chi connectivity index (χ4n) is 2.55. The van der Waals surface area contributed by atoms with Gasteiger partial charge in [-0.1, -0.05) is 6.92 Å². The van der Waals surface area contributed by atoms with E-state index in [1.165, 1.54) is 19.4 Å². The first kappa shape index (κ1) is 14.5. The summed E-state index contributed by atoms with van der Waals surface area (Å²) in [5.74, 6) is 0. The molecule has 2 unspecified atom stereocenters. The van der Waals surface area contributed by atoms with Crippen LogP contribution in [0.2, 0.25) is 0 Å². The van der Waals surface area contributed by atoms with Gasteiger partial charge in [0.25, 0.3) is 0 Å². The van der Waals surface area contributed by atoms with E-state index in [4.69, 9.17) is 0 Å². The number of hydrogen-bond donors (Lipinski definition) is 1. The van der Waals surface area contributed by atoms with E-state index in [1.54, 1.807) is 0 Å². The number of rotatable bonds is 7. The van der Waals surface area contributed by atoms with E-state index < -0.39 is 0 Å². The Morgan fingerprint density at radius 1 is 1.53 bits per heavy atom. The highest BCUT2D eigenvalue weighted by Crippen LogP contribution is 2.18. The highest BCUT2D eigenvalue weighted by atomic mass is 15.2. The molecule has 98 valence electrons. The average Bonchev–Trinajstić information content (AvgIpc) is 2.73. The Morgan fingerprint density at radius 2 is 2.29 bits per heavy atom. The van der Waals surface area contributed by atoms with Crippen LogP contribution in [0.3, 0.4) is 0 Å². The lowest BCUT2D eigenvalue weighted by Crippen LogP contribution is -2.42. The van der Waals surface area contributed by atoms with Crippen molar-refractivity contribution in [1.82, 2.24) is 10.2 Å². The summed E-state index contributed by atoms with van der Waals surface area (Å²) in [7, 11) is 0. The Bertz CT molecular complexity index is 259. The van der Waals surface area contributed by atoms with E-state index in [1.807, 2.05) is 6.92 Å². The second-order valence-electron chi connectivity index (χ2n) is 5.50. The van der Waals surface area contributed by atoms with Gasteiger partial charge in [-0.3, -0.25) is 5.32 Å². The summed E-state index contributed by atoms with van der Waals surface area (Å²) in [6.07, 6.45) is 5.83. The van der Waals surface area contributed by atoms with Gasteiger partial charge in [0.05, 0.1) is 6.07 Å². The van der Waals surface area contributed by atoms with Crippen LogP contribution in [0, 0.1) is 11.3 Å². The van der Waals surface area contributed by atoms with Gasteiger partial charge in [0.2, 0.25) is 0 Å². The van der Waals surface area contributed by atoms with Gasteiger partial charge in [-0.15, -0.1) is 0 Å². The number of nitrogens with zero attached hydrogens (tertiary/aromatic N) is 2. The summed E-state index contributed by atoms with van der Waals surface area (Å²) in [5.41, 5.74) is -0.334. The lowest BCUT2D eigenvalue weighted by molar-refractivity contribution is 0.252. The lowest BCUT2D eigenvalue weighted by Gasteiger charge is -2.26. The number of nitriles is 1. The van der Waals surface area contributed by atoms with Crippen molar-refractivity contribution in [3.8, 4) is 6.07 Å². The SMILES string of the molecule is CCCNC(C)(C#N)CCCN1CCCC1C. The maximum absolute atomic E-state index is 9.23. The topological polar surface area (TPSA) is 39.1 Å². The van der Waals surface area contributed by atoms with Crippen LogP contribution in [0.4, 0.5) is 0 Å². The number of nitrogens with one attached hydrogen (secondary N) is 1. The monoisotopic (exact) mass is 237 g/mol. The molecule has 3 nitrogen and oxygen atoms in total. The molecule has 3 heteroatoms. The summed E-state index contributed by atoms with van der Waals surface area (Å²) in [6.45, 7) is 9.79. The third-order valence-electron chi connectivity index (χ3n) is 3.82. The van der Waals surface area contributed by atoms with Gasteiger partial charge < -0.3 is 4.90 Å². The Hall–Kier alpha value is -0.590. The summed E-state index contributed by atoms with van der Waals surface area (Å²) in [4.78, 5) is 2.55. The smallest absolute Gasteiger partial charge is 0.103 e. The highest BCUT2D eigenvalue weighted by Gasteiger charge is 2.24. The van der Waals surface area contributed by atoms with Crippen LogP contribution in [0.15, 0.2) is 0 Å². The van der Waals surface area contributed by atoms with Crippen LogP contribution in [-0.4, -0.2) is 36.1 Å². The first-order valence-electron chi connectivity index (χ1n) is 7.01. The molecule has 0 spiro atoms. The van der Waals surface area contributed by atoms with Crippen molar-refractivity contribution in [2.24, 2.45) is 0 Å². The van der Waals surface area contributed by atoms with E-state index in [-0.39, 0.29) is 5.54 Å². The molecule has 1 aliphatic rings. The molecule has 1 aliphatic heterocycles. The Kier molecular flexibility index (Phi) is 5.94. The lowest BCUT2D eigenvalue weighted by atomic mass is 9.97. The largest absolute Gasteiger partial charge is 0.301 e. The Balaban J connectivity index is 2.25. The normalized spacial score (nSPS) is 24.5. The molecule has 1 N–H and O–H groups in total. The first-order chi connectivity index (χ1) is 8.11. The van der Waals surface area contributed by atoms with Crippen LogP contribution in [0.1, 0.15) is 52.9 Å². The van der Waals surface area contributed by atoms with Crippen molar-refractivity contribution in [3.05, 3.63) is 0 Å². The first-order valence-corrected chi connectivity index (χ1v) is 7.01. The highest BCUT2D eigenvalue weighted by molar-refractivity contribution is 5.03. The maximum atomic E-state index is 9.23. The zero-order valence-electron chi connectivity index (χ0n) is 11.6. The van der Waals surface area contributed by atoms with E-state index in [2.05, 4.69) is 30.1 Å².